The Labute approximate surface area is 197 Å². The first kappa shape index (κ1) is 23.5. The third-order valence-electron chi connectivity index (χ3n) is 6.77. The zero-order valence-corrected chi connectivity index (χ0v) is 20.8. The lowest BCUT2D eigenvalue weighted by Crippen LogP contribution is -2.66. The number of benzene rings is 2. The third-order valence-corrected chi connectivity index (χ3v) is 11.8. The van der Waals surface area contributed by atoms with Crippen molar-refractivity contribution in [1.29, 1.82) is 0 Å². The van der Waals surface area contributed by atoms with Crippen molar-refractivity contribution in [3.8, 4) is 0 Å². The summed E-state index contributed by atoms with van der Waals surface area (Å²) in [6, 6.07) is 21.3. The number of allylic oxidation sites excluding steroid dienone is 1. The molecule has 2 aliphatic rings. The number of hydrogen-bond donors (Lipinski definition) is 0. The van der Waals surface area contributed by atoms with E-state index in [-0.39, 0.29) is 16.9 Å². The predicted molar refractivity (Wildman–Crippen MR) is 132 cm³/mol. The summed E-state index contributed by atoms with van der Waals surface area (Å²) in [7, 11) is -2.58. The molecule has 1 atom stereocenters. The first-order valence-corrected chi connectivity index (χ1v) is 13.6. The molecule has 1 aliphatic heterocycles. The van der Waals surface area contributed by atoms with Gasteiger partial charge in [-0.1, -0.05) is 87.5 Å². The summed E-state index contributed by atoms with van der Waals surface area (Å²) in [5.41, 5.74) is 1.23. The summed E-state index contributed by atoms with van der Waals surface area (Å²) in [5, 5.41) is 2.46. The van der Waals surface area contributed by atoms with E-state index in [4.69, 9.17) is 9.16 Å². The molecule has 2 amide bonds. The topological polar surface area (TPSA) is 55.8 Å². The van der Waals surface area contributed by atoms with Crippen LogP contribution in [0.15, 0.2) is 72.3 Å². The maximum Gasteiger partial charge on any atom is 0.416 e. The third kappa shape index (κ3) is 4.68. The summed E-state index contributed by atoms with van der Waals surface area (Å²) in [4.78, 5) is 25.7. The van der Waals surface area contributed by atoms with Gasteiger partial charge in [0.1, 0.15) is 6.61 Å². The highest BCUT2D eigenvalue weighted by atomic mass is 28.4. The van der Waals surface area contributed by atoms with Crippen LogP contribution < -0.4 is 10.4 Å². The van der Waals surface area contributed by atoms with E-state index in [0.29, 0.717) is 26.2 Å². The smallest absolute Gasteiger partial charge is 0.416 e. The van der Waals surface area contributed by atoms with E-state index in [0.717, 1.165) is 12.8 Å². The molecule has 2 aromatic rings. The molecule has 4 rings (SSSR count). The van der Waals surface area contributed by atoms with Crippen LogP contribution in [0.5, 0.6) is 0 Å². The molecule has 1 saturated heterocycles. The summed E-state index contributed by atoms with van der Waals surface area (Å²) in [5.74, 6) is -0.270. The number of ether oxygens (including phenoxy) is 1. The predicted octanol–water partition coefficient (Wildman–Crippen LogP) is 4.27. The normalized spacial score (nSPS) is 19.2. The molecular formula is C27H33NO4Si. The van der Waals surface area contributed by atoms with E-state index in [1.807, 2.05) is 12.1 Å². The van der Waals surface area contributed by atoms with Crippen molar-refractivity contribution < 1.29 is 18.8 Å². The fourth-order valence-electron chi connectivity index (χ4n) is 5.02. The van der Waals surface area contributed by atoms with Crippen LogP contribution in [0.4, 0.5) is 4.79 Å². The summed E-state index contributed by atoms with van der Waals surface area (Å²) in [6.07, 6.45) is 3.81. The molecule has 0 saturated carbocycles. The quantitative estimate of drug-likeness (QED) is 0.474. The maximum atomic E-state index is 12.7. The van der Waals surface area contributed by atoms with Crippen molar-refractivity contribution in [1.82, 2.24) is 4.90 Å². The second-order valence-electron chi connectivity index (χ2n) is 9.89. The van der Waals surface area contributed by atoms with Crippen molar-refractivity contribution in [2.75, 3.05) is 19.8 Å². The standard InChI is InChI=1S/C27H33NO4Si/c1-27(2,3)33(23-10-6-4-7-11-23,24-12-8-5-9-13-24)32-20-21-14-16-22(17-15-21)25(29)28-18-19-31-26(28)30/h4-14,22H,15-20H2,1-3H3/t22-/m0/s1. The number of cyclic esters (lactones) is 1. The highest BCUT2D eigenvalue weighted by molar-refractivity contribution is 6.99. The molecular weight excluding hydrogens is 430 g/mol. The molecule has 1 fully saturated rings. The van der Waals surface area contributed by atoms with Gasteiger partial charge in [-0.05, 0) is 40.2 Å². The molecule has 1 aliphatic carbocycles. The van der Waals surface area contributed by atoms with Gasteiger partial charge in [0.05, 0.1) is 13.2 Å². The van der Waals surface area contributed by atoms with E-state index < -0.39 is 14.4 Å². The number of carbonyl (C=O) groups is 2. The van der Waals surface area contributed by atoms with Gasteiger partial charge in [0.2, 0.25) is 5.91 Å². The zero-order chi connectivity index (χ0) is 23.5. The van der Waals surface area contributed by atoms with Gasteiger partial charge >= 0.3 is 6.09 Å². The Kier molecular flexibility index (Phi) is 6.86. The van der Waals surface area contributed by atoms with Crippen LogP contribution in [0.25, 0.3) is 0 Å². The first-order valence-electron chi connectivity index (χ1n) is 11.7. The first-order chi connectivity index (χ1) is 15.8. The average molecular weight is 464 g/mol. The highest BCUT2D eigenvalue weighted by Crippen LogP contribution is 2.37. The molecule has 6 heteroatoms. The lowest BCUT2D eigenvalue weighted by molar-refractivity contribution is -0.132. The van der Waals surface area contributed by atoms with E-state index in [2.05, 4.69) is 75.4 Å². The summed E-state index contributed by atoms with van der Waals surface area (Å²) >= 11 is 0. The molecule has 0 spiro atoms. The minimum atomic E-state index is -2.58. The molecule has 33 heavy (non-hydrogen) atoms. The van der Waals surface area contributed by atoms with Crippen molar-refractivity contribution in [3.63, 3.8) is 0 Å². The van der Waals surface area contributed by atoms with Crippen molar-refractivity contribution in [3.05, 3.63) is 72.3 Å². The molecule has 1 heterocycles. The monoisotopic (exact) mass is 463 g/mol. The molecule has 0 bridgehead atoms. The molecule has 0 N–H and O–H groups in total. The number of hydrogen-bond acceptors (Lipinski definition) is 4. The van der Waals surface area contributed by atoms with Crippen LogP contribution in [0.1, 0.15) is 40.0 Å². The Balaban J connectivity index is 1.55. The largest absolute Gasteiger partial charge is 0.447 e. The van der Waals surface area contributed by atoms with Crippen molar-refractivity contribution in [2.24, 2.45) is 5.92 Å². The molecule has 174 valence electrons. The number of nitrogens with zero attached hydrogens (tertiary/aromatic N) is 1. The van der Waals surface area contributed by atoms with Crippen LogP contribution >= 0.6 is 0 Å². The van der Waals surface area contributed by atoms with Gasteiger partial charge in [-0.25, -0.2) is 9.69 Å². The van der Waals surface area contributed by atoms with Gasteiger partial charge < -0.3 is 9.16 Å². The average Bonchev–Trinajstić information content (AvgIpc) is 3.26. The van der Waals surface area contributed by atoms with Crippen LogP contribution in [0, 0.1) is 5.92 Å². The lowest BCUT2D eigenvalue weighted by atomic mass is 9.89. The highest BCUT2D eigenvalue weighted by Gasteiger charge is 2.50. The molecule has 0 unspecified atom stereocenters. The number of rotatable bonds is 6. The fourth-order valence-corrected chi connectivity index (χ4v) is 9.58. The second-order valence-corrected chi connectivity index (χ2v) is 14.2. The summed E-state index contributed by atoms with van der Waals surface area (Å²) < 4.78 is 11.9. The van der Waals surface area contributed by atoms with E-state index >= 15 is 0 Å². The number of carbonyl (C=O) groups excluding carboxylic acids is 2. The van der Waals surface area contributed by atoms with Gasteiger partial charge in [-0.3, -0.25) is 4.79 Å². The molecule has 5 nitrogen and oxygen atoms in total. The Bertz CT molecular complexity index is 974. The van der Waals surface area contributed by atoms with E-state index in [1.165, 1.54) is 20.8 Å². The maximum absolute atomic E-state index is 12.7. The number of imide groups is 1. The zero-order valence-electron chi connectivity index (χ0n) is 19.8. The Morgan fingerprint density at radius 1 is 1.06 bits per heavy atom. The van der Waals surface area contributed by atoms with Crippen molar-refractivity contribution >= 4 is 30.7 Å². The minimum Gasteiger partial charge on any atom is -0.447 e. The van der Waals surface area contributed by atoms with Gasteiger partial charge in [0.25, 0.3) is 8.32 Å². The Morgan fingerprint density at radius 2 is 1.67 bits per heavy atom. The molecule has 0 aromatic heterocycles. The van der Waals surface area contributed by atoms with Gasteiger partial charge in [0, 0.05) is 5.92 Å². The van der Waals surface area contributed by atoms with Crippen LogP contribution in [0.3, 0.4) is 0 Å². The Morgan fingerprint density at radius 3 is 2.12 bits per heavy atom. The van der Waals surface area contributed by atoms with Crippen LogP contribution in [0.2, 0.25) is 5.04 Å². The van der Waals surface area contributed by atoms with Gasteiger partial charge in [0.15, 0.2) is 0 Å². The second kappa shape index (κ2) is 9.65. The lowest BCUT2D eigenvalue weighted by Gasteiger charge is -2.43. The van der Waals surface area contributed by atoms with E-state index in [1.54, 1.807) is 0 Å². The number of amides is 2. The van der Waals surface area contributed by atoms with Crippen LogP contribution in [-0.2, 0) is 14.0 Å². The van der Waals surface area contributed by atoms with E-state index in [9.17, 15) is 9.59 Å². The minimum absolute atomic E-state index is 0.0699. The van der Waals surface area contributed by atoms with Crippen LogP contribution in [-0.4, -0.2) is 45.0 Å². The molecule has 0 radical (unpaired) electrons. The molecule has 2 aromatic carbocycles. The fraction of sp³-hybridized carbons (Fsp3) is 0.407. The van der Waals surface area contributed by atoms with Gasteiger partial charge in [-0.15, -0.1) is 0 Å². The van der Waals surface area contributed by atoms with Gasteiger partial charge in [-0.2, -0.15) is 0 Å². The van der Waals surface area contributed by atoms with Crippen molar-refractivity contribution in [2.45, 2.75) is 45.1 Å². The SMILES string of the molecule is CC(C)(C)[Si](OCC1=CC[C@H](C(=O)N2CCOC2=O)CC1)(c1ccccc1)c1ccccc1. The summed E-state index contributed by atoms with van der Waals surface area (Å²) in [6.45, 7) is 8.04. The Hall–Kier alpha value is -2.70.